The summed E-state index contributed by atoms with van der Waals surface area (Å²) in [5.41, 5.74) is 0. The van der Waals surface area contributed by atoms with Crippen LogP contribution in [-0.4, -0.2) is 18.7 Å². The van der Waals surface area contributed by atoms with Crippen LogP contribution in [0.4, 0.5) is 0 Å². The van der Waals surface area contributed by atoms with Gasteiger partial charge in [0.05, 0.1) is 18.8 Å². The van der Waals surface area contributed by atoms with Crippen LogP contribution >= 0.6 is 0 Å². The van der Waals surface area contributed by atoms with Gasteiger partial charge in [0, 0.05) is 0 Å². The van der Waals surface area contributed by atoms with Crippen molar-refractivity contribution in [2.75, 3.05) is 5.75 Å². The molecule has 0 unspecified atom stereocenters. The third-order valence-electron chi connectivity index (χ3n) is 2.15. The molecule has 1 aromatic rings. The van der Waals surface area contributed by atoms with Crippen molar-refractivity contribution in [2.24, 2.45) is 0 Å². The molecule has 1 heterocycles. The minimum absolute atomic E-state index is 0.0222. The van der Waals surface area contributed by atoms with Gasteiger partial charge in [-0.25, -0.2) is 0 Å². The van der Waals surface area contributed by atoms with E-state index in [2.05, 4.69) is 0 Å². The van der Waals surface area contributed by atoms with Gasteiger partial charge >= 0.3 is 16.1 Å². The Kier molecular flexibility index (Phi) is 3.73. The summed E-state index contributed by atoms with van der Waals surface area (Å²) in [6.07, 6.45) is 3.62. The molecule has 0 radical (unpaired) electrons. The van der Waals surface area contributed by atoms with E-state index in [1.54, 1.807) is 16.1 Å². The first-order valence-corrected chi connectivity index (χ1v) is 6.62. The van der Waals surface area contributed by atoms with Gasteiger partial charge < -0.3 is 4.18 Å². The molecule has 0 amide bonds. The van der Waals surface area contributed by atoms with Crippen LogP contribution in [-0.2, 0) is 23.2 Å². The molecule has 0 fully saturated rings. The number of imidazole rings is 1. The molecule has 0 aromatic carbocycles. The third kappa shape index (κ3) is 2.71. The van der Waals surface area contributed by atoms with Crippen molar-refractivity contribution in [2.45, 2.75) is 33.9 Å². The first-order valence-electron chi connectivity index (χ1n) is 5.04. The predicted molar refractivity (Wildman–Crippen MR) is 56.1 cm³/mol. The first-order chi connectivity index (χ1) is 7.04. The minimum Gasteiger partial charge on any atom is -0.308 e. The smallest absolute Gasteiger partial charge is 0.308 e. The fraction of sp³-hybridized carbons (Fsp3) is 0.667. The molecule has 0 saturated carbocycles. The van der Waals surface area contributed by atoms with Crippen LogP contribution in [0.15, 0.2) is 12.4 Å². The Morgan fingerprint density at radius 3 is 2.53 bits per heavy atom. The zero-order valence-corrected chi connectivity index (χ0v) is 10.1. The summed E-state index contributed by atoms with van der Waals surface area (Å²) < 4.78 is 31.3. The standard InChI is InChI=1S/C9H17N2O3S/c1-4-10-7-8-11(5-2)9(10)14-15(12,13)6-3/h7-8H,4-6H2,1-3H3/q+1. The zero-order chi connectivity index (χ0) is 11.5. The molecule has 1 rings (SSSR count). The molecule has 0 aliphatic carbocycles. The second-order valence-electron chi connectivity index (χ2n) is 3.08. The quantitative estimate of drug-likeness (QED) is 0.551. The summed E-state index contributed by atoms with van der Waals surface area (Å²) in [6.45, 7) is 6.80. The third-order valence-corrected chi connectivity index (χ3v) is 3.26. The highest BCUT2D eigenvalue weighted by atomic mass is 32.2. The topological polar surface area (TPSA) is 52.2 Å². The lowest BCUT2D eigenvalue weighted by Gasteiger charge is -2.03. The van der Waals surface area contributed by atoms with Crippen LogP contribution in [0, 0.1) is 0 Å². The van der Waals surface area contributed by atoms with E-state index in [4.69, 9.17) is 4.18 Å². The lowest BCUT2D eigenvalue weighted by Crippen LogP contribution is -2.34. The molecule has 86 valence electrons. The van der Waals surface area contributed by atoms with Gasteiger partial charge in [0.2, 0.25) is 0 Å². The van der Waals surface area contributed by atoms with Crippen molar-refractivity contribution in [3.8, 4) is 6.01 Å². The Morgan fingerprint density at radius 2 is 2.07 bits per heavy atom. The van der Waals surface area contributed by atoms with E-state index in [1.165, 1.54) is 0 Å². The van der Waals surface area contributed by atoms with Gasteiger partial charge in [-0.05, 0) is 20.8 Å². The number of hydrogen-bond acceptors (Lipinski definition) is 3. The van der Waals surface area contributed by atoms with E-state index in [0.29, 0.717) is 19.1 Å². The molecule has 0 aliphatic heterocycles. The Bertz CT molecular complexity index is 401. The van der Waals surface area contributed by atoms with Crippen molar-refractivity contribution in [3.63, 3.8) is 0 Å². The van der Waals surface area contributed by atoms with Crippen LogP contribution in [0.25, 0.3) is 0 Å². The Hall–Kier alpha value is -1.04. The number of aromatic nitrogens is 2. The summed E-state index contributed by atoms with van der Waals surface area (Å²) in [7, 11) is -3.45. The maximum atomic E-state index is 11.4. The first kappa shape index (κ1) is 12.0. The van der Waals surface area contributed by atoms with Gasteiger partial charge in [-0.15, -0.1) is 0 Å². The van der Waals surface area contributed by atoms with E-state index in [-0.39, 0.29) is 5.75 Å². The maximum Gasteiger partial charge on any atom is 0.472 e. The second-order valence-corrected chi connectivity index (χ2v) is 4.94. The molecular weight excluding hydrogens is 216 g/mol. The molecule has 5 nitrogen and oxygen atoms in total. The van der Waals surface area contributed by atoms with E-state index < -0.39 is 10.1 Å². The number of rotatable bonds is 5. The van der Waals surface area contributed by atoms with Gasteiger partial charge in [0.15, 0.2) is 0 Å². The largest absolute Gasteiger partial charge is 0.472 e. The number of hydrogen-bond donors (Lipinski definition) is 0. The van der Waals surface area contributed by atoms with Crippen molar-refractivity contribution in [1.29, 1.82) is 0 Å². The molecule has 0 N–H and O–H groups in total. The van der Waals surface area contributed by atoms with Gasteiger partial charge in [-0.1, -0.05) is 0 Å². The Balaban J connectivity index is 3.06. The lowest BCUT2D eigenvalue weighted by molar-refractivity contribution is -0.695. The fourth-order valence-corrected chi connectivity index (χ4v) is 1.74. The monoisotopic (exact) mass is 233 g/mol. The molecular formula is C9H17N2O3S+. The average molecular weight is 233 g/mol. The van der Waals surface area contributed by atoms with Crippen LogP contribution in [0.2, 0.25) is 0 Å². The highest BCUT2D eigenvalue weighted by Gasteiger charge is 2.22. The van der Waals surface area contributed by atoms with Crippen molar-refractivity contribution in [1.82, 2.24) is 4.57 Å². The summed E-state index contributed by atoms with van der Waals surface area (Å²) >= 11 is 0. The second kappa shape index (κ2) is 4.65. The summed E-state index contributed by atoms with van der Waals surface area (Å²) in [6, 6.07) is 0.377. The average Bonchev–Trinajstić information content (AvgIpc) is 2.59. The van der Waals surface area contributed by atoms with Crippen LogP contribution in [0.1, 0.15) is 20.8 Å². The molecule has 0 saturated heterocycles. The zero-order valence-electron chi connectivity index (χ0n) is 9.30. The van der Waals surface area contributed by atoms with Gasteiger partial charge in [0.25, 0.3) is 0 Å². The van der Waals surface area contributed by atoms with Crippen molar-refractivity contribution in [3.05, 3.63) is 12.4 Å². The normalized spacial score (nSPS) is 11.7. The van der Waals surface area contributed by atoms with E-state index >= 15 is 0 Å². The SMILES string of the molecule is CCn1cc[n+](CC)c1OS(=O)(=O)CC. The maximum absolute atomic E-state index is 11.4. The number of nitrogens with zero attached hydrogens (tertiary/aromatic N) is 2. The lowest BCUT2D eigenvalue weighted by atomic mass is 10.7. The van der Waals surface area contributed by atoms with Crippen LogP contribution in [0.5, 0.6) is 6.01 Å². The molecule has 15 heavy (non-hydrogen) atoms. The molecule has 0 bridgehead atoms. The van der Waals surface area contributed by atoms with Crippen molar-refractivity contribution >= 4 is 10.1 Å². The molecule has 0 spiro atoms. The van der Waals surface area contributed by atoms with Gasteiger partial charge in [-0.3, -0.25) is 0 Å². The van der Waals surface area contributed by atoms with E-state index in [0.717, 1.165) is 0 Å². The van der Waals surface area contributed by atoms with Gasteiger partial charge in [0.1, 0.15) is 12.4 Å². The predicted octanol–water partition coefficient (Wildman–Crippen LogP) is 0.544. The molecule has 0 atom stereocenters. The summed E-state index contributed by atoms with van der Waals surface area (Å²) in [5.74, 6) is -0.0222. The van der Waals surface area contributed by atoms with E-state index in [9.17, 15) is 8.42 Å². The van der Waals surface area contributed by atoms with Crippen molar-refractivity contribution < 1.29 is 17.2 Å². The fourth-order valence-electron chi connectivity index (χ4n) is 1.20. The Labute approximate surface area is 90.4 Å². The summed E-state index contributed by atoms with van der Waals surface area (Å²) in [5, 5.41) is 0. The molecule has 0 aliphatic rings. The van der Waals surface area contributed by atoms with Gasteiger partial charge in [-0.2, -0.15) is 17.6 Å². The highest BCUT2D eigenvalue weighted by molar-refractivity contribution is 7.87. The minimum atomic E-state index is -3.45. The highest BCUT2D eigenvalue weighted by Crippen LogP contribution is 2.08. The Morgan fingerprint density at radius 1 is 1.40 bits per heavy atom. The van der Waals surface area contributed by atoms with Crippen LogP contribution < -0.4 is 8.75 Å². The molecule has 6 heteroatoms. The van der Waals surface area contributed by atoms with Crippen LogP contribution in [0.3, 0.4) is 0 Å². The summed E-state index contributed by atoms with van der Waals surface area (Å²) in [4.78, 5) is 0. The molecule has 1 aromatic heterocycles. The number of aryl methyl sites for hydroxylation is 2. The van der Waals surface area contributed by atoms with E-state index in [1.807, 2.05) is 26.2 Å².